The van der Waals surface area contributed by atoms with Crippen molar-refractivity contribution >= 4 is 33.3 Å². The molecular weight excluding hydrogens is 275 g/mol. The molecule has 1 rings (SSSR count). The van der Waals surface area contributed by atoms with Gasteiger partial charge in [-0.3, -0.25) is 0 Å². The van der Waals surface area contributed by atoms with Crippen molar-refractivity contribution in [1.82, 2.24) is 4.98 Å². The maximum absolute atomic E-state index is 6.14. The summed E-state index contributed by atoms with van der Waals surface area (Å²) in [5, 5.41) is 3.36. The molecule has 2 nitrogen and oxygen atoms in total. The molecule has 1 heterocycles. The van der Waals surface area contributed by atoms with Crippen molar-refractivity contribution in [2.24, 2.45) is 5.92 Å². The average Bonchev–Trinajstić information content (AvgIpc) is 2.19. The quantitative estimate of drug-likeness (QED) is 0.853. The molecule has 1 unspecified atom stereocenters. The summed E-state index contributed by atoms with van der Waals surface area (Å²) in [7, 11) is 0. The number of aryl methyl sites for hydroxylation is 1. The maximum atomic E-state index is 6.14. The number of nitrogens with one attached hydrogen (secondary N) is 1. The zero-order chi connectivity index (χ0) is 11.4. The third-order valence-corrected chi connectivity index (χ3v) is 3.74. The zero-order valence-electron chi connectivity index (χ0n) is 9.22. The highest BCUT2D eigenvalue weighted by atomic mass is 79.9. The summed E-state index contributed by atoms with van der Waals surface area (Å²) in [4.78, 5) is 4.25. The van der Waals surface area contributed by atoms with Crippen LogP contribution in [0, 0.1) is 12.8 Å². The molecule has 4 heteroatoms. The average molecular weight is 292 g/mol. The molecule has 1 atom stereocenters. The van der Waals surface area contributed by atoms with Crippen LogP contribution in [-0.2, 0) is 0 Å². The van der Waals surface area contributed by atoms with Crippen LogP contribution in [0.15, 0.2) is 16.7 Å². The smallest absolute Gasteiger partial charge is 0.126 e. The second kappa shape index (κ2) is 5.71. The lowest BCUT2D eigenvalue weighted by Crippen LogP contribution is -2.20. The molecule has 1 aromatic rings. The fourth-order valence-corrected chi connectivity index (χ4v) is 1.37. The van der Waals surface area contributed by atoms with E-state index in [1.165, 1.54) is 5.56 Å². The van der Waals surface area contributed by atoms with Crippen molar-refractivity contribution in [3.05, 3.63) is 22.3 Å². The predicted octanol–water partition coefficient (Wildman–Crippen LogP) is 3.83. The number of aromatic nitrogens is 1. The van der Waals surface area contributed by atoms with Gasteiger partial charge in [-0.15, -0.1) is 11.6 Å². The highest BCUT2D eigenvalue weighted by molar-refractivity contribution is 9.10. The summed E-state index contributed by atoms with van der Waals surface area (Å²) in [6.45, 7) is 7.00. The summed E-state index contributed by atoms with van der Waals surface area (Å²) < 4.78 is 1.03. The number of alkyl halides is 1. The molecule has 0 amide bonds. The number of anilines is 1. The van der Waals surface area contributed by atoms with Gasteiger partial charge in [0, 0.05) is 17.2 Å². The van der Waals surface area contributed by atoms with Crippen LogP contribution in [0.4, 0.5) is 5.82 Å². The highest BCUT2D eigenvalue weighted by Crippen LogP contribution is 2.18. The fraction of sp³-hybridized carbons (Fsp3) is 0.545. The van der Waals surface area contributed by atoms with E-state index in [0.717, 1.165) is 16.8 Å². The van der Waals surface area contributed by atoms with Crippen LogP contribution < -0.4 is 5.32 Å². The zero-order valence-corrected chi connectivity index (χ0v) is 11.6. The monoisotopic (exact) mass is 290 g/mol. The Kier molecular flexibility index (Phi) is 4.87. The lowest BCUT2D eigenvalue weighted by molar-refractivity contribution is 0.615. The van der Waals surface area contributed by atoms with Gasteiger partial charge in [0.25, 0.3) is 0 Å². The highest BCUT2D eigenvalue weighted by Gasteiger charge is 2.09. The molecular formula is C11H16BrClN2. The van der Waals surface area contributed by atoms with Gasteiger partial charge < -0.3 is 5.32 Å². The Morgan fingerprint density at radius 2 is 2.20 bits per heavy atom. The largest absolute Gasteiger partial charge is 0.369 e. The fourth-order valence-electron chi connectivity index (χ4n) is 1.07. The molecule has 0 aliphatic carbocycles. The Labute approximate surface area is 105 Å². The van der Waals surface area contributed by atoms with Gasteiger partial charge in [-0.25, -0.2) is 4.98 Å². The van der Waals surface area contributed by atoms with Crippen molar-refractivity contribution in [3.8, 4) is 0 Å². The van der Waals surface area contributed by atoms with Crippen molar-refractivity contribution in [2.75, 3.05) is 11.9 Å². The summed E-state index contributed by atoms with van der Waals surface area (Å²) in [6.07, 6.45) is 1.80. The second-order valence-corrected chi connectivity index (χ2v) is 5.37. The molecule has 1 aromatic heterocycles. The van der Waals surface area contributed by atoms with E-state index in [1.54, 1.807) is 6.20 Å². The van der Waals surface area contributed by atoms with E-state index >= 15 is 0 Å². The van der Waals surface area contributed by atoms with Gasteiger partial charge in [0.05, 0.1) is 5.38 Å². The molecule has 15 heavy (non-hydrogen) atoms. The Balaban J connectivity index is 2.55. The molecule has 0 aromatic carbocycles. The first kappa shape index (κ1) is 12.8. The minimum Gasteiger partial charge on any atom is -0.369 e. The van der Waals surface area contributed by atoms with E-state index in [1.807, 2.05) is 13.0 Å². The third-order valence-electron chi connectivity index (χ3n) is 2.25. The molecule has 0 spiro atoms. The number of halogens is 2. The Hall–Kier alpha value is -0.280. The van der Waals surface area contributed by atoms with Crippen molar-refractivity contribution < 1.29 is 0 Å². The van der Waals surface area contributed by atoms with Gasteiger partial charge in [-0.2, -0.15) is 0 Å². The number of nitrogens with zero attached hydrogens (tertiary/aromatic N) is 1. The summed E-state index contributed by atoms with van der Waals surface area (Å²) in [5.41, 5.74) is 1.17. The first-order valence-corrected chi connectivity index (χ1v) is 6.23. The Bertz CT molecular complexity index is 328. The summed E-state index contributed by atoms with van der Waals surface area (Å²) in [6, 6.07) is 2.01. The predicted molar refractivity (Wildman–Crippen MR) is 69.6 cm³/mol. The lowest BCUT2D eigenvalue weighted by atomic mass is 10.1. The topological polar surface area (TPSA) is 24.9 Å². The number of rotatable bonds is 4. The molecule has 0 saturated heterocycles. The Morgan fingerprint density at radius 1 is 1.53 bits per heavy atom. The van der Waals surface area contributed by atoms with Crippen molar-refractivity contribution in [3.63, 3.8) is 0 Å². The van der Waals surface area contributed by atoms with Gasteiger partial charge in [0.15, 0.2) is 0 Å². The van der Waals surface area contributed by atoms with E-state index in [4.69, 9.17) is 11.6 Å². The third kappa shape index (κ3) is 3.99. The number of hydrogen-bond donors (Lipinski definition) is 1. The van der Waals surface area contributed by atoms with Crippen LogP contribution in [0.3, 0.4) is 0 Å². The van der Waals surface area contributed by atoms with Crippen molar-refractivity contribution in [2.45, 2.75) is 26.1 Å². The summed E-state index contributed by atoms with van der Waals surface area (Å²) in [5.74, 6) is 1.35. The molecule has 0 radical (unpaired) electrons. The normalized spacial score (nSPS) is 12.9. The van der Waals surface area contributed by atoms with Gasteiger partial charge >= 0.3 is 0 Å². The minimum absolute atomic E-state index is 0.135. The molecule has 0 aliphatic rings. The molecule has 0 fully saturated rings. The van der Waals surface area contributed by atoms with Gasteiger partial charge in [0.2, 0.25) is 0 Å². The second-order valence-electron chi connectivity index (χ2n) is 3.96. The van der Waals surface area contributed by atoms with E-state index in [9.17, 15) is 0 Å². The number of hydrogen-bond acceptors (Lipinski definition) is 2. The van der Waals surface area contributed by atoms with E-state index < -0.39 is 0 Å². The molecule has 84 valence electrons. The van der Waals surface area contributed by atoms with Gasteiger partial charge in [0.1, 0.15) is 5.82 Å². The first-order chi connectivity index (χ1) is 7.00. The lowest BCUT2D eigenvalue weighted by Gasteiger charge is -2.14. The van der Waals surface area contributed by atoms with Crippen LogP contribution in [0.1, 0.15) is 19.4 Å². The van der Waals surface area contributed by atoms with E-state index in [0.29, 0.717) is 5.92 Å². The van der Waals surface area contributed by atoms with Crippen LogP contribution in [-0.4, -0.2) is 16.9 Å². The Morgan fingerprint density at radius 3 is 2.73 bits per heavy atom. The maximum Gasteiger partial charge on any atom is 0.126 e. The number of pyridine rings is 1. The minimum atomic E-state index is 0.135. The van der Waals surface area contributed by atoms with Gasteiger partial charge in [-0.1, -0.05) is 13.8 Å². The van der Waals surface area contributed by atoms with E-state index in [-0.39, 0.29) is 5.38 Å². The van der Waals surface area contributed by atoms with Crippen LogP contribution >= 0.6 is 27.5 Å². The standard InChI is InChI=1S/C11H16BrClN2/c1-7(2)10(13)6-15-11-4-8(3)9(12)5-14-11/h4-5,7,10H,6H2,1-3H3,(H,14,15). The van der Waals surface area contributed by atoms with Gasteiger partial charge in [-0.05, 0) is 40.4 Å². The van der Waals surface area contributed by atoms with Crippen molar-refractivity contribution in [1.29, 1.82) is 0 Å². The molecule has 1 N–H and O–H groups in total. The molecule has 0 saturated carbocycles. The van der Waals surface area contributed by atoms with Crippen LogP contribution in [0.25, 0.3) is 0 Å². The van der Waals surface area contributed by atoms with Crippen LogP contribution in [0.2, 0.25) is 0 Å². The van der Waals surface area contributed by atoms with E-state index in [2.05, 4.69) is 40.1 Å². The molecule has 0 aliphatic heterocycles. The first-order valence-electron chi connectivity index (χ1n) is 5.00. The molecule has 0 bridgehead atoms. The van der Waals surface area contributed by atoms with Crippen LogP contribution in [0.5, 0.6) is 0 Å². The SMILES string of the molecule is Cc1cc(NCC(Cl)C(C)C)ncc1Br. The summed E-state index contributed by atoms with van der Waals surface area (Å²) >= 11 is 9.55.